The molecule has 234 valence electrons. The first-order chi connectivity index (χ1) is 20.6. The number of aliphatic hydroxyl groups is 2. The number of hydrogen-bond donors (Lipinski definition) is 2. The number of β-amino-alcohol motifs (C(OH)–C–C–N with tert-alkyl or cyclic N) is 2. The molecule has 0 aliphatic carbocycles. The van der Waals surface area contributed by atoms with Crippen LogP contribution in [0.2, 0.25) is 0 Å². The predicted molar refractivity (Wildman–Crippen MR) is 166 cm³/mol. The summed E-state index contributed by atoms with van der Waals surface area (Å²) >= 11 is 0. The van der Waals surface area contributed by atoms with Crippen molar-refractivity contribution in [3.63, 3.8) is 0 Å². The van der Waals surface area contributed by atoms with E-state index in [-0.39, 0.29) is 0 Å². The highest BCUT2D eigenvalue weighted by molar-refractivity contribution is 5.59. The lowest BCUT2D eigenvalue weighted by Gasteiger charge is -2.37. The molecule has 2 aromatic carbocycles. The second-order valence-corrected chi connectivity index (χ2v) is 11.1. The van der Waals surface area contributed by atoms with Gasteiger partial charge in [-0.2, -0.15) is 0 Å². The molecule has 2 aliphatic rings. The van der Waals surface area contributed by atoms with Crippen molar-refractivity contribution in [1.82, 2.24) is 9.80 Å². The second kappa shape index (κ2) is 17.5. The van der Waals surface area contributed by atoms with Crippen LogP contribution in [0.3, 0.4) is 0 Å². The first-order valence-corrected chi connectivity index (χ1v) is 15.3. The van der Waals surface area contributed by atoms with Crippen molar-refractivity contribution < 1.29 is 29.2 Å². The van der Waals surface area contributed by atoms with Gasteiger partial charge in [0.05, 0.1) is 51.0 Å². The largest absolute Gasteiger partial charge is 0.495 e. The molecular weight excluding hydrogens is 536 g/mol. The van der Waals surface area contributed by atoms with Crippen molar-refractivity contribution in [2.75, 3.05) is 116 Å². The van der Waals surface area contributed by atoms with Gasteiger partial charge in [0.1, 0.15) is 11.5 Å². The van der Waals surface area contributed by atoms with Gasteiger partial charge in [-0.1, -0.05) is 24.3 Å². The lowest BCUT2D eigenvalue weighted by Crippen LogP contribution is -2.49. The molecule has 2 unspecified atom stereocenters. The monoisotopic (exact) mass is 586 g/mol. The molecule has 2 atom stereocenters. The fourth-order valence-electron chi connectivity index (χ4n) is 5.67. The van der Waals surface area contributed by atoms with Gasteiger partial charge in [0, 0.05) is 78.7 Å². The third-order valence-electron chi connectivity index (χ3n) is 7.98. The summed E-state index contributed by atoms with van der Waals surface area (Å²) in [6, 6.07) is 16.2. The molecule has 2 heterocycles. The Morgan fingerprint density at radius 2 is 0.976 bits per heavy atom. The SMILES string of the molecule is COc1ccccc1N1CCN(CC(O)COCCCCOCC(O)CN2CCN(c3ccccc3OC)CC2)CC1. The average molecular weight is 587 g/mol. The van der Waals surface area contributed by atoms with Gasteiger partial charge in [-0.15, -0.1) is 0 Å². The number of piperazine rings is 2. The Kier molecular flexibility index (Phi) is 13.5. The van der Waals surface area contributed by atoms with Crippen LogP contribution >= 0.6 is 0 Å². The Balaban J connectivity index is 0.978. The number of rotatable bonds is 17. The number of methoxy groups -OCH3 is 2. The molecule has 0 spiro atoms. The van der Waals surface area contributed by atoms with E-state index in [1.54, 1.807) is 14.2 Å². The summed E-state index contributed by atoms with van der Waals surface area (Å²) in [7, 11) is 3.41. The first-order valence-electron chi connectivity index (χ1n) is 15.3. The molecule has 4 rings (SSSR count). The average Bonchev–Trinajstić information content (AvgIpc) is 3.03. The van der Waals surface area contributed by atoms with Crippen LogP contribution in [0.4, 0.5) is 11.4 Å². The summed E-state index contributed by atoms with van der Waals surface area (Å²) in [5.74, 6) is 1.80. The Morgan fingerprint density at radius 3 is 1.36 bits per heavy atom. The first kappa shape index (κ1) is 32.3. The van der Waals surface area contributed by atoms with Crippen LogP contribution in [-0.2, 0) is 9.47 Å². The van der Waals surface area contributed by atoms with E-state index in [9.17, 15) is 10.2 Å². The topological polar surface area (TPSA) is 90.3 Å². The number of para-hydroxylation sites is 4. The van der Waals surface area contributed by atoms with E-state index >= 15 is 0 Å². The molecule has 2 fully saturated rings. The zero-order chi connectivity index (χ0) is 29.6. The number of hydrogen-bond acceptors (Lipinski definition) is 10. The van der Waals surface area contributed by atoms with Gasteiger partial charge >= 0.3 is 0 Å². The number of aliphatic hydroxyl groups excluding tert-OH is 2. The Morgan fingerprint density at radius 1 is 0.595 bits per heavy atom. The maximum atomic E-state index is 10.4. The summed E-state index contributed by atoms with van der Waals surface area (Å²) in [6.45, 7) is 10.4. The Hall–Kier alpha value is -2.60. The minimum atomic E-state index is -0.495. The number of unbranched alkanes of at least 4 members (excludes halogenated alkanes) is 1. The maximum Gasteiger partial charge on any atom is 0.142 e. The smallest absolute Gasteiger partial charge is 0.142 e. The molecule has 10 nitrogen and oxygen atoms in total. The molecule has 2 saturated heterocycles. The van der Waals surface area contributed by atoms with Crippen LogP contribution in [0.1, 0.15) is 12.8 Å². The van der Waals surface area contributed by atoms with Crippen LogP contribution < -0.4 is 19.3 Å². The zero-order valence-electron chi connectivity index (χ0n) is 25.4. The molecule has 0 radical (unpaired) electrons. The number of nitrogens with zero attached hydrogens (tertiary/aromatic N) is 4. The highest BCUT2D eigenvalue weighted by Gasteiger charge is 2.22. The minimum Gasteiger partial charge on any atom is -0.495 e. The van der Waals surface area contributed by atoms with E-state index in [0.29, 0.717) is 39.5 Å². The van der Waals surface area contributed by atoms with Crippen LogP contribution in [0.5, 0.6) is 11.5 Å². The van der Waals surface area contributed by atoms with E-state index in [2.05, 4.69) is 31.7 Å². The summed E-state index contributed by atoms with van der Waals surface area (Å²) in [6.07, 6.45) is 0.743. The highest BCUT2D eigenvalue weighted by Crippen LogP contribution is 2.29. The minimum absolute atomic E-state index is 0.344. The summed E-state index contributed by atoms with van der Waals surface area (Å²) in [4.78, 5) is 9.26. The lowest BCUT2D eigenvalue weighted by atomic mass is 10.2. The number of ether oxygens (including phenoxy) is 4. The molecule has 2 aliphatic heterocycles. The summed E-state index contributed by atoms with van der Waals surface area (Å²) in [5, 5.41) is 20.9. The maximum absolute atomic E-state index is 10.4. The van der Waals surface area contributed by atoms with E-state index < -0.39 is 12.2 Å². The van der Waals surface area contributed by atoms with Gasteiger partial charge < -0.3 is 39.0 Å². The highest BCUT2D eigenvalue weighted by atomic mass is 16.5. The van der Waals surface area contributed by atoms with Crippen molar-refractivity contribution >= 4 is 11.4 Å². The Labute approximate surface area is 251 Å². The van der Waals surface area contributed by atoms with E-state index in [4.69, 9.17) is 18.9 Å². The molecule has 0 aromatic heterocycles. The third-order valence-corrected chi connectivity index (χ3v) is 7.98. The van der Waals surface area contributed by atoms with Crippen LogP contribution in [-0.4, -0.2) is 138 Å². The van der Waals surface area contributed by atoms with Crippen molar-refractivity contribution in [3.8, 4) is 11.5 Å². The number of anilines is 2. The van der Waals surface area contributed by atoms with Crippen molar-refractivity contribution in [2.24, 2.45) is 0 Å². The zero-order valence-corrected chi connectivity index (χ0v) is 25.4. The Bertz CT molecular complexity index is 948. The second-order valence-electron chi connectivity index (χ2n) is 11.1. The predicted octanol–water partition coefficient (Wildman–Crippen LogP) is 2.18. The molecule has 42 heavy (non-hydrogen) atoms. The molecule has 0 bridgehead atoms. The van der Waals surface area contributed by atoms with Crippen LogP contribution in [0.25, 0.3) is 0 Å². The third kappa shape index (κ3) is 10.00. The van der Waals surface area contributed by atoms with Crippen molar-refractivity contribution in [1.29, 1.82) is 0 Å². The summed E-state index contributed by atoms with van der Waals surface area (Å²) in [5.41, 5.74) is 2.25. The van der Waals surface area contributed by atoms with Crippen molar-refractivity contribution in [3.05, 3.63) is 48.5 Å². The molecule has 10 heteroatoms. The lowest BCUT2D eigenvalue weighted by molar-refractivity contribution is 0.00371. The van der Waals surface area contributed by atoms with E-state index in [1.165, 1.54) is 0 Å². The number of benzene rings is 2. The van der Waals surface area contributed by atoms with E-state index in [0.717, 1.165) is 88.1 Å². The quantitative estimate of drug-likeness (QED) is 0.269. The molecule has 0 saturated carbocycles. The van der Waals surface area contributed by atoms with Gasteiger partial charge in [0.2, 0.25) is 0 Å². The van der Waals surface area contributed by atoms with Gasteiger partial charge in [-0.25, -0.2) is 0 Å². The molecular formula is C32H50N4O6. The fraction of sp³-hybridized carbons (Fsp3) is 0.625. The van der Waals surface area contributed by atoms with Gasteiger partial charge in [-0.05, 0) is 37.1 Å². The summed E-state index contributed by atoms with van der Waals surface area (Å²) < 4.78 is 22.4. The van der Waals surface area contributed by atoms with Gasteiger partial charge in [-0.3, -0.25) is 9.80 Å². The van der Waals surface area contributed by atoms with Crippen LogP contribution in [0.15, 0.2) is 48.5 Å². The normalized spacial score (nSPS) is 18.2. The molecule has 2 aromatic rings. The molecule has 2 N–H and O–H groups in total. The standard InChI is InChI=1S/C32H50N4O6/c1-39-31-11-5-3-9-29(31)35-17-13-33(14-18-35)23-27(37)25-41-21-7-8-22-42-26-28(38)24-34-15-19-36(20-16-34)30-10-4-6-12-32(30)40-2/h3-6,9-12,27-28,37-38H,7-8,13-26H2,1-2H3. The molecule has 0 amide bonds. The fourth-order valence-corrected chi connectivity index (χ4v) is 5.67. The van der Waals surface area contributed by atoms with Crippen molar-refractivity contribution in [2.45, 2.75) is 25.0 Å². The van der Waals surface area contributed by atoms with Gasteiger partial charge in [0.25, 0.3) is 0 Å². The van der Waals surface area contributed by atoms with Gasteiger partial charge in [0.15, 0.2) is 0 Å². The van der Waals surface area contributed by atoms with E-state index in [1.807, 2.05) is 36.4 Å². The van der Waals surface area contributed by atoms with Crippen LogP contribution in [0, 0.1) is 0 Å².